The van der Waals surface area contributed by atoms with Gasteiger partial charge < -0.3 is 10.2 Å². The maximum absolute atomic E-state index is 6.02. The highest BCUT2D eigenvalue weighted by Crippen LogP contribution is 2.35. The summed E-state index contributed by atoms with van der Waals surface area (Å²) in [7, 11) is 0. The van der Waals surface area contributed by atoms with Gasteiger partial charge in [-0.3, -0.25) is 0 Å². The Morgan fingerprint density at radius 3 is 2.48 bits per heavy atom. The molecule has 112 valence electrons. The lowest BCUT2D eigenvalue weighted by molar-refractivity contribution is 0.435. The van der Waals surface area contributed by atoms with E-state index in [1.807, 2.05) is 19.1 Å². The number of aromatic nitrogens is 2. The van der Waals surface area contributed by atoms with Gasteiger partial charge in [0.1, 0.15) is 17.9 Å². The van der Waals surface area contributed by atoms with Crippen molar-refractivity contribution in [2.45, 2.75) is 40.0 Å². The van der Waals surface area contributed by atoms with E-state index in [1.54, 1.807) is 0 Å². The summed E-state index contributed by atoms with van der Waals surface area (Å²) in [5.41, 5.74) is 5.65. The zero-order valence-electron chi connectivity index (χ0n) is 13.2. The monoisotopic (exact) mass is 286 g/mol. The summed E-state index contributed by atoms with van der Waals surface area (Å²) in [5.74, 6) is 7.31. The van der Waals surface area contributed by atoms with Crippen molar-refractivity contribution < 1.29 is 4.74 Å². The van der Waals surface area contributed by atoms with Crippen LogP contribution in [0.25, 0.3) is 0 Å². The summed E-state index contributed by atoms with van der Waals surface area (Å²) >= 11 is 0. The predicted molar refractivity (Wildman–Crippen MR) is 84.5 cm³/mol. The normalized spacial score (nSPS) is 11.3. The highest BCUT2D eigenvalue weighted by molar-refractivity contribution is 5.49. The first-order valence-electron chi connectivity index (χ1n) is 6.90. The van der Waals surface area contributed by atoms with Crippen LogP contribution in [0.2, 0.25) is 0 Å². The maximum atomic E-state index is 6.02. The van der Waals surface area contributed by atoms with Gasteiger partial charge in [0.25, 0.3) is 0 Å². The third-order valence-corrected chi connectivity index (χ3v) is 3.32. The SMILES string of the molecule is Cc1ccc(Oc2ncnc(NN)c2C)c(C(C)(C)C)c1. The van der Waals surface area contributed by atoms with E-state index in [0.29, 0.717) is 11.7 Å². The molecular weight excluding hydrogens is 264 g/mol. The second-order valence-electron chi connectivity index (χ2n) is 6.15. The first-order valence-corrected chi connectivity index (χ1v) is 6.90. The van der Waals surface area contributed by atoms with Gasteiger partial charge in [0.2, 0.25) is 5.88 Å². The fourth-order valence-corrected chi connectivity index (χ4v) is 2.11. The average molecular weight is 286 g/mol. The molecule has 0 atom stereocenters. The van der Waals surface area contributed by atoms with Crippen LogP contribution in [-0.4, -0.2) is 9.97 Å². The van der Waals surface area contributed by atoms with Crippen LogP contribution in [0.3, 0.4) is 0 Å². The van der Waals surface area contributed by atoms with Gasteiger partial charge in [0.05, 0.1) is 5.56 Å². The van der Waals surface area contributed by atoms with Crippen molar-refractivity contribution in [3.05, 3.63) is 41.2 Å². The van der Waals surface area contributed by atoms with E-state index in [-0.39, 0.29) is 5.41 Å². The van der Waals surface area contributed by atoms with E-state index in [2.05, 4.69) is 49.2 Å². The molecule has 0 radical (unpaired) electrons. The topological polar surface area (TPSA) is 73.1 Å². The number of benzene rings is 1. The fourth-order valence-electron chi connectivity index (χ4n) is 2.11. The number of hydrazine groups is 1. The number of nitrogens with two attached hydrogens (primary N) is 1. The van der Waals surface area contributed by atoms with E-state index in [1.165, 1.54) is 11.9 Å². The smallest absolute Gasteiger partial charge is 0.227 e. The summed E-state index contributed by atoms with van der Waals surface area (Å²) in [6.07, 6.45) is 1.43. The van der Waals surface area contributed by atoms with Crippen molar-refractivity contribution in [1.82, 2.24) is 9.97 Å². The highest BCUT2D eigenvalue weighted by Gasteiger charge is 2.20. The molecule has 0 amide bonds. The Morgan fingerprint density at radius 2 is 1.86 bits per heavy atom. The van der Waals surface area contributed by atoms with Crippen LogP contribution in [0.4, 0.5) is 5.82 Å². The van der Waals surface area contributed by atoms with Crippen molar-refractivity contribution in [3.63, 3.8) is 0 Å². The Balaban J connectivity index is 2.45. The first-order chi connectivity index (χ1) is 9.82. The van der Waals surface area contributed by atoms with Gasteiger partial charge in [-0.25, -0.2) is 15.8 Å². The molecule has 2 rings (SSSR count). The quantitative estimate of drug-likeness (QED) is 0.667. The molecular formula is C16H22N4O. The van der Waals surface area contributed by atoms with E-state index >= 15 is 0 Å². The molecule has 1 heterocycles. The number of hydrogen-bond donors (Lipinski definition) is 2. The molecule has 0 aliphatic carbocycles. The van der Waals surface area contributed by atoms with Crippen molar-refractivity contribution in [2.24, 2.45) is 5.84 Å². The van der Waals surface area contributed by atoms with Crippen molar-refractivity contribution in [2.75, 3.05) is 5.43 Å². The molecule has 0 bridgehead atoms. The molecule has 0 saturated heterocycles. The van der Waals surface area contributed by atoms with Crippen LogP contribution < -0.4 is 16.0 Å². The summed E-state index contributed by atoms with van der Waals surface area (Å²) in [5, 5.41) is 0. The molecule has 21 heavy (non-hydrogen) atoms. The predicted octanol–water partition coefficient (Wildman–Crippen LogP) is 3.47. The third kappa shape index (κ3) is 3.31. The van der Waals surface area contributed by atoms with Gasteiger partial charge in [0, 0.05) is 5.56 Å². The zero-order valence-corrected chi connectivity index (χ0v) is 13.2. The number of anilines is 1. The Morgan fingerprint density at radius 1 is 1.14 bits per heavy atom. The van der Waals surface area contributed by atoms with Gasteiger partial charge >= 0.3 is 0 Å². The summed E-state index contributed by atoms with van der Waals surface area (Å²) in [6, 6.07) is 6.16. The Labute approximate surface area is 125 Å². The molecule has 1 aromatic carbocycles. The molecule has 0 spiro atoms. The maximum Gasteiger partial charge on any atom is 0.227 e. The lowest BCUT2D eigenvalue weighted by Gasteiger charge is -2.23. The van der Waals surface area contributed by atoms with Gasteiger partial charge in [-0.15, -0.1) is 0 Å². The molecule has 5 nitrogen and oxygen atoms in total. The number of aryl methyl sites for hydroxylation is 1. The van der Waals surface area contributed by atoms with Crippen LogP contribution in [0.5, 0.6) is 11.6 Å². The highest BCUT2D eigenvalue weighted by atomic mass is 16.5. The van der Waals surface area contributed by atoms with Crippen LogP contribution in [0.1, 0.15) is 37.5 Å². The van der Waals surface area contributed by atoms with Crippen LogP contribution >= 0.6 is 0 Å². The lowest BCUT2D eigenvalue weighted by atomic mass is 9.85. The Bertz CT molecular complexity index is 647. The molecule has 0 aliphatic heterocycles. The molecule has 1 aromatic heterocycles. The van der Waals surface area contributed by atoms with E-state index in [0.717, 1.165) is 16.9 Å². The van der Waals surface area contributed by atoms with Gasteiger partial charge in [-0.1, -0.05) is 38.5 Å². The molecule has 5 heteroatoms. The molecule has 2 aromatic rings. The van der Waals surface area contributed by atoms with Gasteiger partial charge in [0.15, 0.2) is 0 Å². The molecule has 0 fully saturated rings. The van der Waals surface area contributed by atoms with Crippen LogP contribution in [-0.2, 0) is 5.41 Å². The minimum atomic E-state index is -0.0166. The number of nitrogens with one attached hydrogen (secondary N) is 1. The summed E-state index contributed by atoms with van der Waals surface area (Å²) < 4.78 is 6.02. The van der Waals surface area contributed by atoms with Crippen LogP contribution in [0.15, 0.2) is 24.5 Å². The molecule has 0 saturated carbocycles. The number of nitrogens with zero attached hydrogens (tertiary/aromatic N) is 2. The molecule has 0 unspecified atom stereocenters. The second kappa shape index (κ2) is 5.69. The molecule has 0 aliphatic rings. The van der Waals surface area contributed by atoms with E-state index in [4.69, 9.17) is 10.6 Å². The number of ether oxygens (including phenoxy) is 1. The average Bonchev–Trinajstić information content (AvgIpc) is 2.42. The van der Waals surface area contributed by atoms with E-state index < -0.39 is 0 Å². The molecule has 3 N–H and O–H groups in total. The summed E-state index contributed by atoms with van der Waals surface area (Å²) in [4.78, 5) is 8.26. The minimum absolute atomic E-state index is 0.0166. The number of rotatable bonds is 3. The van der Waals surface area contributed by atoms with Crippen molar-refractivity contribution >= 4 is 5.82 Å². The van der Waals surface area contributed by atoms with E-state index in [9.17, 15) is 0 Å². The van der Waals surface area contributed by atoms with Gasteiger partial charge in [-0.05, 0) is 25.3 Å². The third-order valence-electron chi connectivity index (χ3n) is 3.32. The number of nitrogen functional groups attached to an aromatic ring is 1. The standard InChI is InChI=1S/C16H22N4O/c1-10-6-7-13(12(8-10)16(3,4)5)21-15-11(2)14(20-17)18-9-19-15/h6-9H,17H2,1-5H3,(H,18,19,20). The van der Waals surface area contributed by atoms with Crippen molar-refractivity contribution in [3.8, 4) is 11.6 Å². The lowest BCUT2D eigenvalue weighted by Crippen LogP contribution is -2.14. The van der Waals surface area contributed by atoms with Gasteiger partial charge in [-0.2, -0.15) is 0 Å². The van der Waals surface area contributed by atoms with Crippen molar-refractivity contribution in [1.29, 1.82) is 0 Å². The Hall–Kier alpha value is -2.14. The number of hydrogen-bond acceptors (Lipinski definition) is 5. The fraction of sp³-hybridized carbons (Fsp3) is 0.375. The Kier molecular flexibility index (Phi) is 4.14. The summed E-state index contributed by atoms with van der Waals surface area (Å²) in [6.45, 7) is 10.4. The zero-order chi connectivity index (χ0) is 15.6. The van der Waals surface area contributed by atoms with Crippen LogP contribution in [0, 0.1) is 13.8 Å². The first kappa shape index (κ1) is 15.3. The largest absolute Gasteiger partial charge is 0.438 e. The minimum Gasteiger partial charge on any atom is -0.438 e. The second-order valence-corrected chi connectivity index (χ2v) is 6.15.